The molecule has 0 bridgehead atoms. The van der Waals surface area contributed by atoms with E-state index in [1.54, 1.807) is 42.7 Å². The third-order valence-corrected chi connectivity index (χ3v) is 4.72. The molecule has 3 heterocycles. The molecule has 0 saturated heterocycles. The molecule has 0 atom stereocenters. The predicted octanol–water partition coefficient (Wildman–Crippen LogP) is 4.40. The Morgan fingerprint density at radius 2 is 1.73 bits per heavy atom. The van der Waals surface area contributed by atoms with E-state index in [2.05, 4.69) is 20.6 Å². The summed E-state index contributed by atoms with van der Waals surface area (Å²) in [5.74, 6) is 1.62. The highest BCUT2D eigenvalue weighted by atomic mass is 16.6. The third kappa shape index (κ3) is 3.60. The lowest BCUT2D eigenvalue weighted by Crippen LogP contribution is -2.16. The van der Waals surface area contributed by atoms with Crippen LogP contribution in [-0.2, 0) is 0 Å². The maximum Gasteiger partial charge on any atom is 0.255 e. The van der Waals surface area contributed by atoms with Crippen LogP contribution in [-0.4, -0.2) is 29.1 Å². The lowest BCUT2D eigenvalue weighted by atomic mass is 10.2. The normalized spacial score (nSPS) is 12.4. The zero-order chi connectivity index (χ0) is 20.3. The zero-order valence-electron chi connectivity index (χ0n) is 16.0. The minimum Gasteiger partial charge on any atom is -0.486 e. The first-order chi connectivity index (χ1) is 14.8. The number of nitrogens with zero attached hydrogens (tertiary/aromatic N) is 2. The Kier molecular flexibility index (Phi) is 4.61. The summed E-state index contributed by atoms with van der Waals surface area (Å²) in [6, 6.07) is 18.5. The monoisotopic (exact) mass is 398 g/mol. The molecule has 1 aliphatic heterocycles. The molecule has 1 amide bonds. The van der Waals surface area contributed by atoms with Crippen LogP contribution in [0.1, 0.15) is 10.4 Å². The average molecular weight is 398 g/mol. The molecule has 7 heteroatoms. The van der Waals surface area contributed by atoms with Crippen LogP contribution >= 0.6 is 0 Å². The Bertz CT molecular complexity index is 1240. The van der Waals surface area contributed by atoms with Gasteiger partial charge in [-0.25, -0.2) is 4.98 Å². The first-order valence-electron chi connectivity index (χ1n) is 9.54. The van der Waals surface area contributed by atoms with Gasteiger partial charge in [0.1, 0.15) is 19.0 Å². The summed E-state index contributed by atoms with van der Waals surface area (Å²) < 4.78 is 11.1. The van der Waals surface area contributed by atoms with Gasteiger partial charge >= 0.3 is 0 Å². The van der Waals surface area contributed by atoms with Crippen molar-refractivity contribution in [1.29, 1.82) is 0 Å². The number of benzene rings is 2. The quantitative estimate of drug-likeness (QED) is 0.530. The van der Waals surface area contributed by atoms with Crippen LogP contribution in [0.5, 0.6) is 11.5 Å². The summed E-state index contributed by atoms with van der Waals surface area (Å²) >= 11 is 0. The van der Waals surface area contributed by atoms with Crippen LogP contribution < -0.4 is 20.1 Å². The molecule has 148 valence electrons. The Balaban J connectivity index is 1.36. The van der Waals surface area contributed by atoms with E-state index >= 15 is 0 Å². The Morgan fingerprint density at radius 3 is 2.67 bits per heavy atom. The van der Waals surface area contributed by atoms with Crippen LogP contribution in [0.4, 0.5) is 17.2 Å². The van der Waals surface area contributed by atoms with Crippen LogP contribution in [0, 0.1) is 0 Å². The standard InChI is InChI=1S/C23H18N4O3/c28-23(26-17-6-7-19-20(14-17)30-12-11-29-19)16-8-10-24-21(13-16)27-18-5-1-3-15-4-2-9-25-22(15)18/h1-10,13-14H,11-12H2,(H,24,27)(H,26,28). The lowest BCUT2D eigenvalue weighted by molar-refractivity contribution is 0.102. The van der Waals surface area contributed by atoms with E-state index in [1.807, 2.05) is 30.3 Å². The summed E-state index contributed by atoms with van der Waals surface area (Å²) in [6.07, 6.45) is 3.35. The van der Waals surface area contributed by atoms with Gasteiger partial charge in [0.2, 0.25) is 0 Å². The summed E-state index contributed by atoms with van der Waals surface area (Å²) in [7, 11) is 0. The molecular formula is C23H18N4O3. The van der Waals surface area contributed by atoms with Gasteiger partial charge in [0.05, 0.1) is 11.2 Å². The second kappa shape index (κ2) is 7.71. The van der Waals surface area contributed by atoms with E-state index in [9.17, 15) is 4.79 Å². The van der Waals surface area contributed by atoms with Crippen LogP contribution in [0.2, 0.25) is 0 Å². The fraction of sp³-hybridized carbons (Fsp3) is 0.0870. The van der Waals surface area contributed by atoms with Crippen molar-refractivity contribution in [2.75, 3.05) is 23.8 Å². The van der Waals surface area contributed by atoms with Gasteiger partial charge in [-0.3, -0.25) is 9.78 Å². The molecule has 4 aromatic rings. The fourth-order valence-corrected chi connectivity index (χ4v) is 3.31. The summed E-state index contributed by atoms with van der Waals surface area (Å²) in [5.41, 5.74) is 2.78. The van der Waals surface area contributed by atoms with Crippen LogP contribution in [0.3, 0.4) is 0 Å². The molecule has 2 aromatic carbocycles. The number of carbonyl (C=O) groups excluding carboxylic acids is 1. The molecule has 0 aliphatic carbocycles. The lowest BCUT2D eigenvalue weighted by Gasteiger charge is -2.19. The van der Waals surface area contributed by atoms with Crippen molar-refractivity contribution in [3.05, 3.63) is 78.6 Å². The van der Waals surface area contributed by atoms with E-state index in [4.69, 9.17) is 9.47 Å². The number of rotatable bonds is 4. The van der Waals surface area contributed by atoms with Gasteiger partial charge in [-0.05, 0) is 36.4 Å². The molecule has 0 fully saturated rings. The minimum absolute atomic E-state index is 0.242. The highest BCUT2D eigenvalue weighted by Gasteiger charge is 2.14. The second-order valence-electron chi connectivity index (χ2n) is 6.75. The first kappa shape index (κ1) is 17.9. The molecule has 0 radical (unpaired) electrons. The predicted molar refractivity (Wildman–Crippen MR) is 115 cm³/mol. The zero-order valence-corrected chi connectivity index (χ0v) is 16.0. The number of pyridine rings is 2. The Labute approximate surface area is 172 Å². The van der Waals surface area contributed by atoms with Crippen molar-refractivity contribution >= 4 is 34.0 Å². The third-order valence-electron chi connectivity index (χ3n) is 4.72. The van der Waals surface area contributed by atoms with Crippen LogP contribution in [0.25, 0.3) is 10.9 Å². The summed E-state index contributed by atoms with van der Waals surface area (Å²) in [4.78, 5) is 21.5. The first-order valence-corrected chi connectivity index (χ1v) is 9.54. The van der Waals surface area contributed by atoms with E-state index in [-0.39, 0.29) is 5.91 Å². The highest BCUT2D eigenvalue weighted by Crippen LogP contribution is 2.32. The molecule has 30 heavy (non-hydrogen) atoms. The minimum atomic E-state index is -0.242. The number of para-hydroxylation sites is 1. The number of aromatic nitrogens is 2. The molecule has 0 saturated carbocycles. The maximum atomic E-state index is 12.7. The Morgan fingerprint density at radius 1 is 0.867 bits per heavy atom. The number of nitrogens with one attached hydrogen (secondary N) is 2. The molecule has 1 aliphatic rings. The van der Waals surface area contributed by atoms with Crippen molar-refractivity contribution in [3.8, 4) is 11.5 Å². The van der Waals surface area contributed by atoms with Crippen molar-refractivity contribution in [3.63, 3.8) is 0 Å². The van der Waals surface area contributed by atoms with Gasteiger partial charge < -0.3 is 20.1 Å². The van der Waals surface area contributed by atoms with E-state index in [1.165, 1.54) is 0 Å². The molecule has 2 aromatic heterocycles. The van der Waals surface area contributed by atoms with E-state index in [0.717, 1.165) is 16.6 Å². The van der Waals surface area contributed by atoms with E-state index < -0.39 is 0 Å². The van der Waals surface area contributed by atoms with Gasteiger partial charge in [0.25, 0.3) is 5.91 Å². The van der Waals surface area contributed by atoms with Crippen molar-refractivity contribution in [2.45, 2.75) is 0 Å². The second-order valence-corrected chi connectivity index (χ2v) is 6.75. The van der Waals surface area contributed by atoms with Gasteiger partial charge in [0, 0.05) is 35.1 Å². The molecule has 0 spiro atoms. The summed E-state index contributed by atoms with van der Waals surface area (Å²) in [6.45, 7) is 1.02. The maximum absolute atomic E-state index is 12.7. The largest absolute Gasteiger partial charge is 0.486 e. The van der Waals surface area contributed by atoms with Crippen molar-refractivity contribution < 1.29 is 14.3 Å². The number of fused-ring (bicyclic) bond motifs is 2. The topological polar surface area (TPSA) is 85.4 Å². The molecule has 2 N–H and O–H groups in total. The number of hydrogen-bond acceptors (Lipinski definition) is 6. The van der Waals surface area contributed by atoms with Crippen molar-refractivity contribution in [2.24, 2.45) is 0 Å². The molecule has 0 unspecified atom stereocenters. The number of ether oxygens (including phenoxy) is 2. The van der Waals surface area contributed by atoms with Gasteiger partial charge in [-0.15, -0.1) is 0 Å². The Hall–Kier alpha value is -4.13. The molecule has 5 rings (SSSR count). The number of amides is 1. The summed E-state index contributed by atoms with van der Waals surface area (Å²) in [5, 5.41) is 7.17. The molecule has 7 nitrogen and oxygen atoms in total. The van der Waals surface area contributed by atoms with E-state index in [0.29, 0.717) is 41.8 Å². The van der Waals surface area contributed by atoms with Gasteiger partial charge in [-0.1, -0.05) is 18.2 Å². The fourth-order valence-electron chi connectivity index (χ4n) is 3.31. The highest BCUT2D eigenvalue weighted by molar-refractivity contribution is 6.05. The van der Waals surface area contributed by atoms with Crippen molar-refractivity contribution in [1.82, 2.24) is 9.97 Å². The average Bonchev–Trinajstić information content (AvgIpc) is 2.79. The SMILES string of the molecule is O=C(Nc1ccc2c(c1)OCCO2)c1ccnc(Nc2cccc3cccnc23)c1. The van der Waals surface area contributed by atoms with Gasteiger partial charge in [-0.2, -0.15) is 0 Å². The smallest absolute Gasteiger partial charge is 0.255 e. The van der Waals surface area contributed by atoms with Crippen LogP contribution in [0.15, 0.2) is 73.1 Å². The number of carbonyl (C=O) groups is 1. The number of hydrogen-bond donors (Lipinski definition) is 2. The molecular weight excluding hydrogens is 380 g/mol. The number of anilines is 3. The van der Waals surface area contributed by atoms with Gasteiger partial charge in [0.15, 0.2) is 11.5 Å².